The van der Waals surface area contributed by atoms with Crippen LogP contribution < -0.4 is 0 Å². The van der Waals surface area contributed by atoms with Crippen LogP contribution in [0.5, 0.6) is 0 Å². The van der Waals surface area contributed by atoms with Crippen LogP contribution in [0.2, 0.25) is 0 Å². The third-order valence-electron chi connectivity index (χ3n) is 7.91. The number of fused-ring (bicyclic) bond motifs is 4. The Morgan fingerprint density at radius 3 is 2.62 bits per heavy atom. The molecule has 2 aromatic carbocycles. The van der Waals surface area contributed by atoms with Gasteiger partial charge >= 0.3 is 5.97 Å². The number of nitrogens with one attached hydrogen (secondary N) is 1. The zero-order chi connectivity index (χ0) is 22.3. The molecular formula is C27H32N2O3. The van der Waals surface area contributed by atoms with Gasteiger partial charge in [0.1, 0.15) is 5.60 Å². The second-order valence-corrected chi connectivity index (χ2v) is 9.49. The van der Waals surface area contributed by atoms with Crippen molar-refractivity contribution in [2.75, 3.05) is 27.8 Å². The third kappa shape index (κ3) is 3.18. The van der Waals surface area contributed by atoms with Gasteiger partial charge < -0.3 is 14.5 Å². The number of aromatic nitrogens is 1. The summed E-state index contributed by atoms with van der Waals surface area (Å²) in [4.78, 5) is 18.6. The number of carbonyl (C=O) groups excluding carboxylic acids is 1. The SMILES string of the molecule is COC(=O)CC1CC(c2ccccc2)(N(C)C)CCC12OCCc1c2[nH]c2ccccc12. The molecule has 1 N–H and O–H groups in total. The maximum atomic E-state index is 12.6. The van der Waals surface area contributed by atoms with Crippen LogP contribution in [0.4, 0.5) is 0 Å². The molecule has 1 aliphatic carbocycles. The van der Waals surface area contributed by atoms with Crippen molar-refractivity contribution in [2.24, 2.45) is 5.92 Å². The van der Waals surface area contributed by atoms with Crippen molar-refractivity contribution in [3.8, 4) is 0 Å². The molecule has 1 saturated carbocycles. The van der Waals surface area contributed by atoms with Crippen molar-refractivity contribution in [1.29, 1.82) is 0 Å². The number of hydrogen-bond acceptors (Lipinski definition) is 4. The van der Waals surface area contributed by atoms with E-state index in [1.807, 2.05) is 0 Å². The first-order chi connectivity index (χ1) is 15.5. The number of rotatable bonds is 4. The number of carbonyl (C=O) groups is 1. The van der Waals surface area contributed by atoms with E-state index in [9.17, 15) is 4.79 Å². The molecule has 3 atom stereocenters. The minimum absolute atomic E-state index is 0.00146. The van der Waals surface area contributed by atoms with Gasteiger partial charge in [-0.25, -0.2) is 0 Å². The van der Waals surface area contributed by atoms with Gasteiger partial charge in [0.2, 0.25) is 0 Å². The minimum atomic E-state index is -0.505. The lowest BCUT2D eigenvalue weighted by molar-refractivity contribution is -0.168. The summed E-state index contributed by atoms with van der Waals surface area (Å²) in [6.07, 6.45) is 3.86. The predicted molar refractivity (Wildman–Crippen MR) is 125 cm³/mol. The summed E-state index contributed by atoms with van der Waals surface area (Å²) >= 11 is 0. The molecule has 1 aliphatic heterocycles. The summed E-state index contributed by atoms with van der Waals surface area (Å²) < 4.78 is 11.8. The lowest BCUT2D eigenvalue weighted by atomic mass is 9.61. The molecule has 5 nitrogen and oxygen atoms in total. The number of methoxy groups -OCH3 is 1. The molecule has 3 aromatic rings. The van der Waals surface area contributed by atoms with Gasteiger partial charge in [-0.05, 0) is 57.0 Å². The Bertz CT molecular complexity index is 1120. The maximum absolute atomic E-state index is 12.6. The van der Waals surface area contributed by atoms with Crippen LogP contribution in [0, 0.1) is 5.92 Å². The number of ether oxygens (including phenoxy) is 2. The summed E-state index contributed by atoms with van der Waals surface area (Å²) in [5.74, 6) is -0.178. The van der Waals surface area contributed by atoms with E-state index in [1.54, 1.807) is 0 Å². The van der Waals surface area contributed by atoms with Crippen molar-refractivity contribution in [3.63, 3.8) is 0 Å². The number of nitrogens with zero attached hydrogens (tertiary/aromatic N) is 1. The molecular weight excluding hydrogens is 400 g/mol. The van der Waals surface area contributed by atoms with Crippen LogP contribution in [0.25, 0.3) is 10.9 Å². The average Bonchev–Trinajstić information content (AvgIpc) is 3.21. The van der Waals surface area contributed by atoms with Crippen molar-refractivity contribution in [2.45, 2.75) is 43.2 Å². The molecule has 5 heteroatoms. The van der Waals surface area contributed by atoms with E-state index in [-0.39, 0.29) is 17.4 Å². The first-order valence-electron chi connectivity index (χ1n) is 11.5. The molecule has 1 fully saturated rings. The fourth-order valence-corrected chi connectivity index (χ4v) is 6.22. The van der Waals surface area contributed by atoms with Crippen LogP contribution in [-0.2, 0) is 31.8 Å². The van der Waals surface area contributed by atoms with Crippen LogP contribution in [0.15, 0.2) is 54.6 Å². The highest BCUT2D eigenvalue weighted by molar-refractivity contribution is 5.85. The van der Waals surface area contributed by atoms with E-state index in [4.69, 9.17) is 9.47 Å². The van der Waals surface area contributed by atoms with Gasteiger partial charge in [-0.15, -0.1) is 0 Å². The largest absolute Gasteiger partial charge is 0.469 e. The van der Waals surface area contributed by atoms with E-state index >= 15 is 0 Å². The molecule has 2 heterocycles. The first kappa shape index (κ1) is 21.2. The summed E-state index contributed by atoms with van der Waals surface area (Å²) in [6, 6.07) is 19.2. The summed E-state index contributed by atoms with van der Waals surface area (Å²) in [5, 5.41) is 1.27. The Morgan fingerprint density at radius 2 is 1.88 bits per heavy atom. The lowest BCUT2D eigenvalue weighted by Gasteiger charge is -2.54. The van der Waals surface area contributed by atoms with E-state index in [0.717, 1.165) is 31.2 Å². The highest BCUT2D eigenvalue weighted by Gasteiger charge is 2.55. The summed E-state index contributed by atoms with van der Waals surface area (Å²) in [7, 11) is 5.77. The fourth-order valence-electron chi connectivity index (χ4n) is 6.22. The van der Waals surface area contributed by atoms with E-state index in [1.165, 1.54) is 29.3 Å². The van der Waals surface area contributed by atoms with Crippen molar-refractivity contribution in [1.82, 2.24) is 9.88 Å². The fraction of sp³-hybridized carbons (Fsp3) is 0.444. The first-order valence-corrected chi connectivity index (χ1v) is 11.5. The third-order valence-corrected chi connectivity index (χ3v) is 7.91. The molecule has 0 bridgehead atoms. The average molecular weight is 433 g/mol. The molecule has 1 spiro atoms. The number of aromatic amines is 1. The number of benzene rings is 2. The molecule has 0 saturated heterocycles. The van der Waals surface area contributed by atoms with Gasteiger partial charge in [0.15, 0.2) is 0 Å². The minimum Gasteiger partial charge on any atom is -0.469 e. The highest BCUT2D eigenvalue weighted by atomic mass is 16.5. The Labute approximate surface area is 189 Å². The molecule has 0 amide bonds. The van der Waals surface area contributed by atoms with Gasteiger partial charge in [-0.2, -0.15) is 0 Å². The normalized spacial score (nSPS) is 27.6. The molecule has 32 heavy (non-hydrogen) atoms. The maximum Gasteiger partial charge on any atom is 0.305 e. The predicted octanol–water partition coefficient (Wildman–Crippen LogP) is 4.76. The van der Waals surface area contributed by atoms with Gasteiger partial charge in [-0.3, -0.25) is 9.69 Å². The van der Waals surface area contributed by atoms with Crippen molar-refractivity contribution >= 4 is 16.9 Å². The van der Waals surface area contributed by atoms with E-state index in [2.05, 4.69) is 78.6 Å². The van der Waals surface area contributed by atoms with E-state index in [0.29, 0.717) is 13.0 Å². The standard InChI is InChI=1S/C27H32N2O3/c1-29(2)26(19-9-5-4-6-10-19)14-15-27(20(18-26)17-24(30)31-3)25-22(13-16-32-27)21-11-7-8-12-23(21)28-25/h4-12,20,28H,13-18H2,1-3H3. The van der Waals surface area contributed by atoms with Gasteiger partial charge in [0.25, 0.3) is 0 Å². The highest BCUT2D eigenvalue weighted by Crippen LogP contribution is 2.56. The number of hydrogen-bond donors (Lipinski definition) is 1. The summed E-state index contributed by atoms with van der Waals surface area (Å²) in [5.41, 5.74) is 4.29. The number of H-pyrrole nitrogens is 1. The summed E-state index contributed by atoms with van der Waals surface area (Å²) in [6.45, 7) is 0.673. The second-order valence-electron chi connectivity index (χ2n) is 9.49. The Balaban J connectivity index is 1.64. The van der Waals surface area contributed by atoms with E-state index < -0.39 is 5.60 Å². The lowest BCUT2D eigenvalue weighted by Crippen LogP contribution is -2.55. The molecule has 1 aromatic heterocycles. The van der Waals surface area contributed by atoms with Crippen LogP contribution in [-0.4, -0.2) is 43.7 Å². The van der Waals surface area contributed by atoms with Crippen LogP contribution in [0.3, 0.4) is 0 Å². The smallest absolute Gasteiger partial charge is 0.305 e. The Hall–Kier alpha value is -2.63. The number of esters is 1. The quantitative estimate of drug-likeness (QED) is 0.604. The topological polar surface area (TPSA) is 54.6 Å². The van der Waals surface area contributed by atoms with Crippen LogP contribution in [0.1, 0.15) is 42.5 Å². The molecule has 3 unspecified atom stereocenters. The molecule has 5 rings (SSSR count). The van der Waals surface area contributed by atoms with Crippen LogP contribution >= 0.6 is 0 Å². The van der Waals surface area contributed by atoms with Gasteiger partial charge in [0, 0.05) is 22.4 Å². The van der Waals surface area contributed by atoms with Crippen molar-refractivity contribution < 1.29 is 14.3 Å². The second kappa shape index (κ2) is 8.05. The zero-order valence-corrected chi connectivity index (χ0v) is 19.2. The van der Waals surface area contributed by atoms with Gasteiger partial charge in [-0.1, -0.05) is 48.5 Å². The van der Waals surface area contributed by atoms with Crippen molar-refractivity contribution in [3.05, 3.63) is 71.4 Å². The Kier molecular flexibility index (Phi) is 5.34. The molecule has 0 radical (unpaired) electrons. The molecule has 168 valence electrons. The Morgan fingerprint density at radius 1 is 1.12 bits per heavy atom. The molecule has 2 aliphatic rings. The van der Waals surface area contributed by atoms with Gasteiger partial charge in [0.05, 0.1) is 25.8 Å². The zero-order valence-electron chi connectivity index (χ0n) is 19.2. The monoisotopic (exact) mass is 432 g/mol. The number of para-hydroxylation sites is 1.